The summed E-state index contributed by atoms with van der Waals surface area (Å²) in [5.41, 5.74) is 3.63. The summed E-state index contributed by atoms with van der Waals surface area (Å²) in [4.78, 5) is 12.5. The molecule has 3 aromatic rings. The minimum atomic E-state index is -3.44. The van der Waals surface area contributed by atoms with Gasteiger partial charge in [0.15, 0.2) is 0 Å². The average Bonchev–Trinajstić information content (AvgIpc) is 2.69. The number of sulfonamides is 1. The summed E-state index contributed by atoms with van der Waals surface area (Å²) >= 11 is 3.44. The molecule has 7 heteroatoms. The van der Waals surface area contributed by atoms with E-state index in [4.69, 9.17) is 0 Å². The maximum Gasteiger partial charge on any atom is 0.255 e. The summed E-state index contributed by atoms with van der Waals surface area (Å²) in [6.07, 6.45) is 1.18. The molecule has 0 aliphatic carbocycles. The molecule has 0 heterocycles. The molecule has 0 saturated carbocycles. The third kappa shape index (κ3) is 5.46. The minimum Gasteiger partial charge on any atom is -0.322 e. The highest BCUT2D eigenvalue weighted by Gasteiger charge is 2.18. The zero-order valence-electron chi connectivity index (χ0n) is 16.1. The summed E-state index contributed by atoms with van der Waals surface area (Å²) in [6.45, 7) is 2.14. The zero-order chi connectivity index (χ0) is 21.0. The van der Waals surface area contributed by atoms with Gasteiger partial charge < -0.3 is 5.32 Å². The lowest BCUT2D eigenvalue weighted by Gasteiger charge is -2.22. The number of carbonyl (C=O) groups is 1. The number of halogens is 1. The topological polar surface area (TPSA) is 66.5 Å². The Kier molecular flexibility index (Phi) is 6.39. The molecule has 0 bridgehead atoms. The summed E-state index contributed by atoms with van der Waals surface area (Å²) in [6, 6.07) is 21.5. The van der Waals surface area contributed by atoms with Gasteiger partial charge >= 0.3 is 0 Å². The van der Waals surface area contributed by atoms with E-state index in [1.807, 2.05) is 31.2 Å². The molecular weight excluding hydrogens is 452 g/mol. The second-order valence-electron chi connectivity index (χ2n) is 6.72. The Labute approximate surface area is 179 Å². The molecule has 0 atom stereocenters. The lowest BCUT2D eigenvalue weighted by molar-refractivity contribution is 0.102. The summed E-state index contributed by atoms with van der Waals surface area (Å²) in [5.74, 6) is -0.221. The maximum absolute atomic E-state index is 12.5. The SMILES string of the molecule is Cc1cc(NC(=O)c2ccc(CN(c3ccccc3)S(C)(=O)=O)cc2)ccc1Br. The van der Waals surface area contributed by atoms with Crippen LogP contribution in [-0.2, 0) is 16.6 Å². The minimum absolute atomic E-state index is 0.191. The highest BCUT2D eigenvalue weighted by molar-refractivity contribution is 9.10. The number of anilines is 2. The molecule has 0 aliphatic rings. The van der Waals surface area contributed by atoms with Crippen LogP contribution >= 0.6 is 15.9 Å². The van der Waals surface area contributed by atoms with Gasteiger partial charge in [0.2, 0.25) is 10.0 Å². The van der Waals surface area contributed by atoms with Gasteiger partial charge in [-0.15, -0.1) is 0 Å². The first-order valence-corrected chi connectivity index (χ1v) is 11.6. The lowest BCUT2D eigenvalue weighted by atomic mass is 10.1. The largest absolute Gasteiger partial charge is 0.322 e. The summed E-state index contributed by atoms with van der Waals surface area (Å²) in [7, 11) is -3.44. The zero-order valence-corrected chi connectivity index (χ0v) is 18.5. The van der Waals surface area contributed by atoms with E-state index in [1.54, 1.807) is 48.5 Å². The fourth-order valence-corrected chi connectivity index (χ4v) is 3.98. The van der Waals surface area contributed by atoms with E-state index in [2.05, 4.69) is 21.2 Å². The standard InChI is InChI=1S/C22H21BrN2O3S/c1-16-14-19(12-13-21(16)23)24-22(26)18-10-8-17(9-11-18)15-25(29(2,27)28)20-6-4-3-5-7-20/h3-14H,15H2,1-2H3,(H,24,26). The van der Waals surface area contributed by atoms with Crippen molar-refractivity contribution in [3.05, 3.63) is 94.0 Å². The molecule has 3 aromatic carbocycles. The van der Waals surface area contributed by atoms with Crippen LogP contribution < -0.4 is 9.62 Å². The molecule has 0 aliphatic heterocycles. The number of para-hydroxylation sites is 1. The van der Waals surface area contributed by atoms with Crippen molar-refractivity contribution in [1.29, 1.82) is 0 Å². The molecule has 0 aromatic heterocycles. The second-order valence-corrected chi connectivity index (χ2v) is 9.48. The number of aryl methyl sites for hydroxylation is 1. The van der Waals surface area contributed by atoms with Gasteiger partial charge in [0.1, 0.15) is 0 Å². The highest BCUT2D eigenvalue weighted by atomic mass is 79.9. The van der Waals surface area contributed by atoms with Crippen molar-refractivity contribution < 1.29 is 13.2 Å². The normalized spacial score (nSPS) is 11.1. The molecule has 0 saturated heterocycles. The van der Waals surface area contributed by atoms with Gasteiger partial charge in [0, 0.05) is 15.7 Å². The van der Waals surface area contributed by atoms with E-state index in [1.165, 1.54) is 10.6 Å². The van der Waals surface area contributed by atoms with Gasteiger partial charge in [-0.25, -0.2) is 8.42 Å². The van der Waals surface area contributed by atoms with Crippen LogP contribution in [0.2, 0.25) is 0 Å². The van der Waals surface area contributed by atoms with E-state index in [-0.39, 0.29) is 12.5 Å². The van der Waals surface area contributed by atoms with Gasteiger partial charge in [-0.1, -0.05) is 46.3 Å². The fourth-order valence-electron chi connectivity index (χ4n) is 2.85. The fraction of sp³-hybridized carbons (Fsp3) is 0.136. The Morgan fingerprint density at radius 3 is 2.24 bits per heavy atom. The Morgan fingerprint density at radius 1 is 1.00 bits per heavy atom. The predicted molar refractivity (Wildman–Crippen MR) is 121 cm³/mol. The van der Waals surface area contributed by atoms with Crippen molar-refractivity contribution in [3.8, 4) is 0 Å². The molecule has 3 rings (SSSR count). The first-order chi connectivity index (χ1) is 13.7. The lowest BCUT2D eigenvalue weighted by Crippen LogP contribution is -2.29. The van der Waals surface area contributed by atoms with Crippen molar-refractivity contribution in [2.45, 2.75) is 13.5 Å². The molecular formula is C22H21BrN2O3S. The second kappa shape index (κ2) is 8.80. The summed E-state index contributed by atoms with van der Waals surface area (Å²) < 4.78 is 26.8. The van der Waals surface area contributed by atoms with Crippen LogP contribution in [0.4, 0.5) is 11.4 Å². The molecule has 150 valence electrons. The van der Waals surface area contributed by atoms with E-state index in [9.17, 15) is 13.2 Å². The molecule has 0 radical (unpaired) electrons. The Balaban J connectivity index is 1.75. The van der Waals surface area contributed by atoms with Crippen LogP contribution in [-0.4, -0.2) is 20.6 Å². The number of hydrogen-bond donors (Lipinski definition) is 1. The maximum atomic E-state index is 12.5. The Bertz CT molecular complexity index is 1110. The quantitative estimate of drug-likeness (QED) is 0.550. The van der Waals surface area contributed by atoms with Gasteiger partial charge in [-0.2, -0.15) is 0 Å². The van der Waals surface area contributed by atoms with Crippen molar-refractivity contribution >= 4 is 43.2 Å². The number of amides is 1. The molecule has 0 unspecified atom stereocenters. The third-order valence-corrected chi connectivity index (χ3v) is 6.43. The summed E-state index contributed by atoms with van der Waals surface area (Å²) in [5, 5.41) is 2.87. The van der Waals surface area contributed by atoms with E-state index in [0.29, 0.717) is 16.9 Å². The third-order valence-electron chi connectivity index (χ3n) is 4.40. The Hall–Kier alpha value is -2.64. The van der Waals surface area contributed by atoms with Crippen molar-refractivity contribution in [2.24, 2.45) is 0 Å². The highest BCUT2D eigenvalue weighted by Crippen LogP contribution is 2.22. The van der Waals surface area contributed by atoms with Crippen molar-refractivity contribution in [2.75, 3.05) is 15.9 Å². The van der Waals surface area contributed by atoms with Gasteiger partial charge in [0.05, 0.1) is 18.5 Å². The molecule has 29 heavy (non-hydrogen) atoms. The molecule has 1 N–H and O–H groups in total. The van der Waals surface area contributed by atoms with Crippen LogP contribution in [0.25, 0.3) is 0 Å². The van der Waals surface area contributed by atoms with Crippen molar-refractivity contribution in [3.63, 3.8) is 0 Å². The smallest absolute Gasteiger partial charge is 0.255 e. The predicted octanol–water partition coefficient (Wildman–Crippen LogP) is 4.98. The first-order valence-electron chi connectivity index (χ1n) is 8.93. The van der Waals surface area contributed by atoms with Gasteiger partial charge in [-0.3, -0.25) is 9.10 Å². The number of nitrogens with zero attached hydrogens (tertiary/aromatic N) is 1. The van der Waals surface area contributed by atoms with E-state index >= 15 is 0 Å². The molecule has 5 nitrogen and oxygen atoms in total. The van der Waals surface area contributed by atoms with Crippen molar-refractivity contribution in [1.82, 2.24) is 0 Å². The number of hydrogen-bond acceptors (Lipinski definition) is 3. The van der Waals surface area contributed by atoms with Crippen LogP contribution in [0, 0.1) is 6.92 Å². The number of carbonyl (C=O) groups excluding carboxylic acids is 1. The van der Waals surface area contributed by atoms with Crippen LogP contribution in [0.3, 0.4) is 0 Å². The average molecular weight is 473 g/mol. The Morgan fingerprint density at radius 2 is 1.66 bits per heavy atom. The van der Waals surface area contributed by atoms with Crippen LogP contribution in [0.5, 0.6) is 0 Å². The van der Waals surface area contributed by atoms with Gasteiger partial charge in [-0.05, 0) is 60.5 Å². The molecule has 0 spiro atoms. The van der Waals surface area contributed by atoms with Gasteiger partial charge in [0.25, 0.3) is 5.91 Å². The number of rotatable bonds is 6. The first kappa shape index (κ1) is 21.1. The molecule has 1 amide bonds. The number of nitrogens with one attached hydrogen (secondary N) is 1. The van der Waals surface area contributed by atoms with Crippen LogP contribution in [0.1, 0.15) is 21.5 Å². The van der Waals surface area contributed by atoms with Crippen LogP contribution in [0.15, 0.2) is 77.3 Å². The van der Waals surface area contributed by atoms with E-state index < -0.39 is 10.0 Å². The monoisotopic (exact) mass is 472 g/mol. The molecule has 0 fully saturated rings. The van der Waals surface area contributed by atoms with E-state index in [0.717, 1.165) is 15.6 Å². The number of benzene rings is 3.